The van der Waals surface area contributed by atoms with Crippen LogP contribution in [0.5, 0.6) is 0 Å². The monoisotopic (exact) mass is 356 g/mol. The first-order valence-electron chi connectivity index (χ1n) is 8.69. The van der Waals surface area contributed by atoms with Gasteiger partial charge in [-0.05, 0) is 49.6 Å². The molecular formula is C19H21ClN4O. The largest absolute Gasteiger partial charge is 0.350 e. The van der Waals surface area contributed by atoms with E-state index in [0.29, 0.717) is 18.2 Å². The predicted octanol–water partition coefficient (Wildman–Crippen LogP) is 3.38. The molecule has 1 saturated carbocycles. The van der Waals surface area contributed by atoms with Crippen LogP contribution < -0.4 is 5.69 Å². The van der Waals surface area contributed by atoms with Crippen molar-refractivity contribution >= 4 is 17.2 Å². The Hall–Kier alpha value is -2.11. The third-order valence-electron chi connectivity index (χ3n) is 4.92. The van der Waals surface area contributed by atoms with Gasteiger partial charge in [0, 0.05) is 29.8 Å². The summed E-state index contributed by atoms with van der Waals surface area (Å²) in [4.78, 5) is 14.9. The number of aromatic nitrogens is 3. The van der Waals surface area contributed by atoms with Crippen LogP contribution in [0.25, 0.3) is 5.65 Å². The first-order valence-corrected chi connectivity index (χ1v) is 9.07. The fraction of sp³-hybridized carbons (Fsp3) is 0.368. The van der Waals surface area contributed by atoms with Gasteiger partial charge in [-0.25, -0.2) is 9.48 Å². The molecule has 3 aromatic rings. The van der Waals surface area contributed by atoms with E-state index in [1.165, 1.54) is 18.4 Å². The number of benzene rings is 1. The number of hydrogen-bond acceptors (Lipinski definition) is 3. The van der Waals surface area contributed by atoms with E-state index in [4.69, 9.17) is 11.6 Å². The summed E-state index contributed by atoms with van der Waals surface area (Å²) in [6, 6.07) is 14.5. The van der Waals surface area contributed by atoms with Crippen molar-refractivity contribution < 1.29 is 0 Å². The van der Waals surface area contributed by atoms with Gasteiger partial charge in [0.1, 0.15) is 0 Å². The van der Waals surface area contributed by atoms with Gasteiger partial charge in [-0.3, -0.25) is 9.30 Å². The summed E-state index contributed by atoms with van der Waals surface area (Å²) in [6.45, 7) is 3.61. The highest BCUT2D eigenvalue weighted by atomic mass is 35.5. The quantitative estimate of drug-likeness (QED) is 0.680. The zero-order valence-corrected chi connectivity index (χ0v) is 14.9. The maximum atomic E-state index is 12.4. The summed E-state index contributed by atoms with van der Waals surface area (Å²) >= 11 is 6.01. The smallest absolute Gasteiger partial charge is 0.292 e. The van der Waals surface area contributed by atoms with Crippen LogP contribution >= 0.6 is 11.6 Å². The average molecular weight is 357 g/mol. The van der Waals surface area contributed by atoms with Crippen LogP contribution in [-0.4, -0.2) is 31.7 Å². The molecule has 1 unspecified atom stereocenters. The van der Waals surface area contributed by atoms with E-state index >= 15 is 0 Å². The lowest BCUT2D eigenvalue weighted by atomic mass is 10.1. The number of rotatable bonds is 6. The molecule has 0 spiro atoms. The molecule has 0 amide bonds. The first kappa shape index (κ1) is 16.4. The van der Waals surface area contributed by atoms with Gasteiger partial charge in [0.25, 0.3) is 0 Å². The molecule has 25 heavy (non-hydrogen) atoms. The van der Waals surface area contributed by atoms with Crippen molar-refractivity contribution in [2.75, 3.05) is 6.54 Å². The van der Waals surface area contributed by atoms with E-state index in [1.807, 2.05) is 30.3 Å². The number of fused-ring (bicyclic) bond motifs is 1. The van der Waals surface area contributed by atoms with Crippen LogP contribution in [-0.2, 0) is 6.54 Å². The minimum absolute atomic E-state index is 0.0782. The Morgan fingerprint density at radius 1 is 1.24 bits per heavy atom. The molecule has 0 saturated heterocycles. The van der Waals surface area contributed by atoms with Crippen LogP contribution in [0.3, 0.4) is 0 Å². The predicted molar refractivity (Wildman–Crippen MR) is 99.0 cm³/mol. The lowest BCUT2D eigenvalue weighted by molar-refractivity contribution is 0.188. The molecule has 1 aromatic carbocycles. The molecule has 1 atom stereocenters. The van der Waals surface area contributed by atoms with E-state index in [2.05, 4.69) is 29.1 Å². The highest BCUT2D eigenvalue weighted by Crippen LogP contribution is 2.34. The summed E-state index contributed by atoms with van der Waals surface area (Å²) in [5.74, 6) is 0. The van der Waals surface area contributed by atoms with Crippen LogP contribution in [0.2, 0.25) is 5.02 Å². The molecule has 2 heterocycles. The zero-order chi connectivity index (χ0) is 17.4. The standard InChI is InChI=1S/C19H21ClN4O/c1-14(15-5-7-16(20)8-6-15)22(17-9-10-17)12-13-24-19(25)23-11-3-2-4-18(23)21-24/h2-8,11,14,17H,9-10,12-13H2,1H3. The van der Waals surface area contributed by atoms with Crippen molar-refractivity contribution in [3.63, 3.8) is 0 Å². The van der Waals surface area contributed by atoms with Crippen LogP contribution in [0.15, 0.2) is 53.5 Å². The first-order chi connectivity index (χ1) is 12.1. The molecular weight excluding hydrogens is 336 g/mol. The molecule has 2 aromatic heterocycles. The SMILES string of the molecule is CC(c1ccc(Cl)cc1)N(CCn1nc2ccccn2c1=O)C1CC1. The Kier molecular flexibility index (Phi) is 4.36. The highest BCUT2D eigenvalue weighted by molar-refractivity contribution is 6.30. The minimum atomic E-state index is -0.0782. The third-order valence-corrected chi connectivity index (χ3v) is 5.18. The Labute approximate surface area is 151 Å². The molecule has 0 radical (unpaired) electrons. The van der Waals surface area contributed by atoms with Crippen molar-refractivity contribution in [1.82, 2.24) is 19.1 Å². The van der Waals surface area contributed by atoms with Gasteiger partial charge in [-0.2, -0.15) is 0 Å². The molecule has 130 valence electrons. The number of nitrogens with zero attached hydrogens (tertiary/aromatic N) is 4. The number of hydrogen-bond donors (Lipinski definition) is 0. The lowest BCUT2D eigenvalue weighted by Crippen LogP contribution is -2.34. The number of halogens is 1. The maximum absolute atomic E-state index is 12.4. The van der Waals surface area contributed by atoms with Gasteiger partial charge in [-0.15, -0.1) is 5.10 Å². The Balaban J connectivity index is 1.53. The van der Waals surface area contributed by atoms with Crippen molar-refractivity contribution in [2.24, 2.45) is 0 Å². The van der Waals surface area contributed by atoms with Crippen molar-refractivity contribution in [2.45, 2.75) is 38.4 Å². The molecule has 6 heteroatoms. The van der Waals surface area contributed by atoms with E-state index in [0.717, 1.165) is 11.6 Å². The molecule has 1 fully saturated rings. The van der Waals surface area contributed by atoms with Crippen LogP contribution in [0.4, 0.5) is 0 Å². The van der Waals surface area contributed by atoms with Gasteiger partial charge < -0.3 is 0 Å². The van der Waals surface area contributed by atoms with Gasteiger partial charge >= 0.3 is 5.69 Å². The lowest BCUT2D eigenvalue weighted by Gasteiger charge is -2.29. The average Bonchev–Trinajstić information content (AvgIpc) is 3.41. The molecule has 4 rings (SSSR count). The Morgan fingerprint density at radius 2 is 2.00 bits per heavy atom. The summed E-state index contributed by atoms with van der Waals surface area (Å²) in [6.07, 6.45) is 4.20. The minimum Gasteiger partial charge on any atom is -0.292 e. The van der Waals surface area contributed by atoms with Crippen molar-refractivity contribution in [3.05, 3.63) is 69.7 Å². The molecule has 5 nitrogen and oxygen atoms in total. The van der Waals surface area contributed by atoms with E-state index in [-0.39, 0.29) is 11.7 Å². The summed E-state index contributed by atoms with van der Waals surface area (Å²) in [7, 11) is 0. The fourth-order valence-electron chi connectivity index (χ4n) is 3.36. The van der Waals surface area contributed by atoms with E-state index in [9.17, 15) is 4.79 Å². The zero-order valence-electron chi connectivity index (χ0n) is 14.2. The molecule has 1 aliphatic carbocycles. The van der Waals surface area contributed by atoms with Gasteiger partial charge in [-0.1, -0.05) is 29.8 Å². The molecule has 0 N–H and O–H groups in total. The maximum Gasteiger partial charge on any atom is 0.350 e. The highest BCUT2D eigenvalue weighted by Gasteiger charge is 2.32. The summed E-state index contributed by atoms with van der Waals surface area (Å²) in [5.41, 5.74) is 1.86. The summed E-state index contributed by atoms with van der Waals surface area (Å²) < 4.78 is 3.16. The second-order valence-corrected chi connectivity index (χ2v) is 7.07. The van der Waals surface area contributed by atoms with Gasteiger partial charge in [0.2, 0.25) is 0 Å². The second-order valence-electron chi connectivity index (χ2n) is 6.63. The van der Waals surface area contributed by atoms with E-state index < -0.39 is 0 Å². The summed E-state index contributed by atoms with van der Waals surface area (Å²) in [5, 5.41) is 5.19. The number of pyridine rings is 1. The Bertz CT molecular complexity index is 926. The molecule has 0 aliphatic heterocycles. The topological polar surface area (TPSA) is 42.5 Å². The van der Waals surface area contributed by atoms with Gasteiger partial charge in [0.05, 0.1) is 6.54 Å². The van der Waals surface area contributed by atoms with Gasteiger partial charge in [0.15, 0.2) is 5.65 Å². The second kappa shape index (κ2) is 6.65. The van der Waals surface area contributed by atoms with Crippen molar-refractivity contribution in [3.8, 4) is 0 Å². The van der Waals surface area contributed by atoms with Crippen LogP contribution in [0.1, 0.15) is 31.4 Å². The molecule has 1 aliphatic rings. The Morgan fingerprint density at radius 3 is 2.68 bits per heavy atom. The third kappa shape index (κ3) is 3.34. The normalized spacial score (nSPS) is 15.8. The van der Waals surface area contributed by atoms with E-state index in [1.54, 1.807) is 15.3 Å². The fourth-order valence-corrected chi connectivity index (χ4v) is 3.48. The molecule has 0 bridgehead atoms. The van der Waals surface area contributed by atoms with Crippen molar-refractivity contribution in [1.29, 1.82) is 0 Å². The van der Waals surface area contributed by atoms with Crippen LogP contribution in [0, 0.1) is 0 Å².